The van der Waals surface area contributed by atoms with E-state index in [9.17, 15) is 0 Å². The molecule has 0 bridgehead atoms. The van der Waals surface area contributed by atoms with Gasteiger partial charge in [-0.25, -0.2) is 0 Å². The first-order valence-corrected chi connectivity index (χ1v) is 3.16. The van der Waals surface area contributed by atoms with Crippen LogP contribution in [-0.4, -0.2) is 46.8 Å². The zero-order valence-electron chi connectivity index (χ0n) is 6.74. The molecule has 0 unspecified atom stereocenters. The SMILES string of the molecule is C=CCC(=N/OC)/C(C)=N\O.[MgH2]. The van der Waals surface area contributed by atoms with Gasteiger partial charge in [0.15, 0.2) is 0 Å². The summed E-state index contributed by atoms with van der Waals surface area (Å²) in [4.78, 5) is 4.53. The van der Waals surface area contributed by atoms with Gasteiger partial charge >= 0.3 is 23.1 Å². The smallest absolute Gasteiger partial charge is 0.316 e. The van der Waals surface area contributed by atoms with Gasteiger partial charge < -0.3 is 10.0 Å². The van der Waals surface area contributed by atoms with Gasteiger partial charge in [0.1, 0.15) is 18.5 Å². The van der Waals surface area contributed by atoms with E-state index < -0.39 is 0 Å². The molecule has 0 radical (unpaired) electrons. The third-order valence-electron chi connectivity index (χ3n) is 1.11. The van der Waals surface area contributed by atoms with Gasteiger partial charge in [-0.3, -0.25) is 0 Å². The second kappa shape index (κ2) is 8.54. The Labute approximate surface area is 88.1 Å². The van der Waals surface area contributed by atoms with Gasteiger partial charge in [0, 0.05) is 6.42 Å². The summed E-state index contributed by atoms with van der Waals surface area (Å²) >= 11 is 0. The van der Waals surface area contributed by atoms with Crippen LogP contribution in [0.5, 0.6) is 0 Å². The Balaban J connectivity index is 0. The lowest BCUT2D eigenvalue weighted by Crippen LogP contribution is -2.09. The first kappa shape index (κ1) is 14.0. The van der Waals surface area contributed by atoms with Crippen molar-refractivity contribution >= 4 is 34.5 Å². The van der Waals surface area contributed by atoms with E-state index in [1.165, 1.54) is 7.11 Å². The maximum absolute atomic E-state index is 8.38. The van der Waals surface area contributed by atoms with Crippen molar-refractivity contribution < 1.29 is 10.0 Å². The molecule has 0 aliphatic heterocycles. The lowest BCUT2D eigenvalue weighted by molar-refractivity contribution is 0.213. The molecule has 0 aromatic heterocycles. The van der Waals surface area contributed by atoms with Gasteiger partial charge in [0.2, 0.25) is 0 Å². The molecule has 0 saturated carbocycles. The van der Waals surface area contributed by atoms with Gasteiger partial charge in [-0.1, -0.05) is 16.4 Å². The molecule has 12 heavy (non-hydrogen) atoms. The molecule has 1 N–H and O–H groups in total. The van der Waals surface area contributed by atoms with Gasteiger partial charge in [-0.15, -0.1) is 6.58 Å². The molecular weight excluding hydrogens is 168 g/mol. The summed E-state index contributed by atoms with van der Waals surface area (Å²) in [5, 5.41) is 15.0. The average Bonchev–Trinajstić information content (AvgIpc) is 2.03. The summed E-state index contributed by atoms with van der Waals surface area (Å²) in [5.41, 5.74) is 1.01. The molecule has 0 aromatic carbocycles. The molecule has 0 rings (SSSR count). The van der Waals surface area contributed by atoms with Crippen LogP contribution in [-0.2, 0) is 4.84 Å². The second-order valence-electron chi connectivity index (χ2n) is 1.90. The molecule has 5 heteroatoms. The van der Waals surface area contributed by atoms with Crippen LogP contribution in [0, 0.1) is 0 Å². The zero-order chi connectivity index (χ0) is 8.69. The number of hydrogen-bond acceptors (Lipinski definition) is 4. The van der Waals surface area contributed by atoms with Gasteiger partial charge in [-0.2, -0.15) is 0 Å². The molecule has 0 aliphatic carbocycles. The van der Waals surface area contributed by atoms with Crippen LogP contribution in [0.25, 0.3) is 0 Å². The highest BCUT2D eigenvalue weighted by atomic mass is 24.3. The Morgan fingerprint density at radius 1 is 1.67 bits per heavy atom. The topological polar surface area (TPSA) is 54.2 Å². The molecule has 0 spiro atoms. The molecular formula is C7H14MgN2O2. The minimum Gasteiger partial charge on any atom is -0.411 e. The van der Waals surface area contributed by atoms with E-state index in [1.807, 2.05) is 0 Å². The summed E-state index contributed by atoms with van der Waals surface area (Å²) in [7, 11) is 1.44. The van der Waals surface area contributed by atoms with E-state index in [1.54, 1.807) is 13.0 Å². The van der Waals surface area contributed by atoms with E-state index in [2.05, 4.69) is 21.7 Å². The van der Waals surface area contributed by atoms with Crippen molar-refractivity contribution in [2.45, 2.75) is 13.3 Å². The number of nitrogens with zero attached hydrogens (tertiary/aromatic N) is 2. The number of allylic oxidation sites excluding steroid dienone is 1. The van der Waals surface area contributed by atoms with E-state index in [4.69, 9.17) is 5.21 Å². The number of oxime groups is 2. The van der Waals surface area contributed by atoms with E-state index in [0.717, 1.165) is 0 Å². The fourth-order valence-electron chi connectivity index (χ4n) is 0.556. The minimum absolute atomic E-state index is 0. The highest BCUT2D eigenvalue weighted by Crippen LogP contribution is 1.92. The summed E-state index contributed by atoms with van der Waals surface area (Å²) in [6.45, 7) is 5.17. The van der Waals surface area contributed by atoms with Crippen molar-refractivity contribution in [2.75, 3.05) is 7.11 Å². The largest absolute Gasteiger partial charge is 0.411 e. The Bertz CT molecular complexity index is 190. The van der Waals surface area contributed by atoms with Crippen LogP contribution in [0.1, 0.15) is 13.3 Å². The van der Waals surface area contributed by atoms with Gasteiger partial charge in [0.05, 0.1) is 0 Å². The lowest BCUT2D eigenvalue weighted by Gasteiger charge is -1.98. The first-order valence-electron chi connectivity index (χ1n) is 3.16. The molecule has 4 nitrogen and oxygen atoms in total. The fraction of sp³-hybridized carbons (Fsp3) is 0.429. The molecule has 0 saturated heterocycles. The molecule has 0 atom stereocenters. The van der Waals surface area contributed by atoms with E-state index >= 15 is 0 Å². The average molecular weight is 183 g/mol. The number of rotatable bonds is 4. The molecule has 0 heterocycles. The molecule has 0 aliphatic rings. The third-order valence-corrected chi connectivity index (χ3v) is 1.11. The molecule has 0 fully saturated rings. The van der Waals surface area contributed by atoms with Crippen LogP contribution in [0.3, 0.4) is 0 Å². The summed E-state index contributed by atoms with van der Waals surface area (Å²) in [5.74, 6) is 0. The normalized spacial score (nSPS) is 11.8. The maximum Gasteiger partial charge on any atom is 0.316 e. The van der Waals surface area contributed by atoms with Crippen LogP contribution >= 0.6 is 0 Å². The first-order chi connectivity index (χ1) is 5.26. The van der Waals surface area contributed by atoms with Crippen molar-refractivity contribution in [2.24, 2.45) is 10.3 Å². The Kier molecular flexibility index (Phi) is 9.96. The second-order valence-corrected chi connectivity index (χ2v) is 1.90. The predicted molar refractivity (Wildman–Crippen MR) is 52.7 cm³/mol. The van der Waals surface area contributed by atoms with E-state index in [-0.39, 0.29) is 23.1 Å². The quantitative estimate of drug-likeness (QED) is 0.226. The van der Waals surface area contributed by atoms with Crippen LogP contribution in [0.15, 0.2) is 23.0 Å². The summed E-state index contributed by atoms with van der Waals surface area (Å²) < 4.78 is 0. The summed E-state index contributed by atoms with van der Waals surface area (Å²) in [6, 6.07) is 0. The number of hydrogen-bond donors (Lipinski definition) is 1. The van der Waals surface area contributed by atoms with Crippen LogP contribution < -0.4 is 0 Å². The maximum atomic E-state index is 8.38. The lowest BCUT2D eigenvalue weighted by atomic mass is 10.2. The van der Waals surface area contributed by atoms with Crippen molar-refractivity contribution in [3.05, 3.63) is 12.7 Å². The van der Waals surface area contributed by atoms with Crippen LogP contribution in [0.2, 0.25) is 0 Å². The predicted octanol–water partition coefficient (Wildman–Crippen LogP) is 0.499. The Hall–Kier alpha value is -0.554. The Morgan fingerprint density at radius 3 is 2.58 bits per heavy atom. The van der Waals surface area contributed by atoms with Crippen molar-refractivity contribution in [1.82, 2.24) is 0 Å². The van der Waals surface area contributed by atoms with Crippen molar-refractivity contribution in [1.29, 1.82) is 0 Å². The minimum atomic E-state index is 0. The fourth-order valence-corrected chi connectivity index (χ4v) is 0.556. The monoisotopic (exact) mass is 182 g/mol. The highest BCUT2D eigenvalue weighted by molar-refractivity contribution is 6.41. The highest BCUT2D eigenvalue weighted by Gasteiger charge is 2.01. The summed E-state index contributed by atoms with van der Waals surface area (Å²) in [6.07, 6.45) is 2.19. The van der Waals surface area contributed by atoms with Gasteiger partial charge in [0.25, 0.3) is 0 Å². The van der Waals surface area contributed by atoms with Gasteiger partial charge in [-0.05, 0) is 6.92 Å². The van der Waals surface area contributed by atoms with Crippen LogP contribution in [0.4, 0.5) is 0 Å². The molecule has 0 aromatic rings. The van der Waals surface area contributed by atoms with E-state index in [0.29, 0.717) is 17.8 Å². The van der Waals surface area contributed by atoms with Crippen molar-refractivity contribution in [3.63, 3.8) is 0 Å². The molecule has 66 valence electrons. The third kappa shape index (κ3) is 5.14. The Morgan fingerprint density at radius 2 is 2.25 bits per heavy atom. The zero-order valence-corrected chi connectivity index (χ0v) is 6.74. The standard InChI is InChI=1S/C7H12N2O2.Mg.2H/c1-4-5-7(9-11-3)6(2)8-10;;;/h4,10H,1,5H2,2-3H3;;;/b8-6-,9-7-;;;. The van der Waals surface area contributed by atoms with Crippen molar-refractivity contribution in [3.8, 4) is 0 Å². The molecule has 0 amide bonds.